The average Bonchev–Trinajstić information content (AvgIpc) is 3.67. The molecule has 2 saturated heterocycles. The number of hydrogen-bond donors (Lipinski definition) is 3. The second-order valence-electron chi connectivity index (χ2n) is 10.9. The van der Waals surface area contributed by atoms with Crippen molar-refractivity contribution in [3.8, 4) is 11.5 Å². The summed E-state index contributed by atoms with van der Waals surface area (Å²) in [6.07, 6.45) is 8.42. The fourth-order valence-electron chi connectivity index (χ4n) is 6.19. The zero-order valence-corrected chi connectivity index (χ0v) is 23.0. The Labute approximate surface area is 232 Å². The molecule has 2 aliphatic rings. The lowest BCUT2D eigenvalue weighted by Gasteiger charge is -2.41. The quantitative estimate of drug-likeness (QED) is 0.259. The lowest BCUT2D eigenvalue weighted by molar-refractivity contribution is 0.141. The van der Waals surface area contributed by atoms with E-state index in [-0.39, 0.29) is 0 Å². The van der Waals surface area contributed by atoms with Crippen LogP contribution in [0.15, 0.2) is 42.6 Å². The van der Waals surface area contributed by atoms with Gasteiger partial charge in [0.05, 0.1) is 28.1 Å². The van der Waals surface area contributed by atoms with Crippen LogP contribution in [0.1, 0.15) is 37.8 Å². The van der Waals surface area contributed by atoms with E-state index in [9.17, 15) is 0 Å². The van der Waals surface area contributed by atoms with Gasteiger partial charge in [0.1, 0.15) is 11.4 Å². The number of nitrogens with one attached hydrogen (secondary N) is 3. The van der Waals surface area contributed by atoms with Gasteiger partial charge in [-0.1, -0.05) is 18.0 Å². The first-order chi connectivity index (χ1) is 19.1. The number of aromatic amines is 2. The molecule has 0 atom stereocenters. The van der Waals surface area contributed by atoms with Crippen molar-refractivity contribution < 1.29 is 0 Å². The number of halogens is 1. The minimum absolute atomic E-state index is 0.543. The number of aromatic nitrogens is 6. The van der Waals surface area contributed by atoms with Gasteiger partial charge in [-0.15, -0.1) is 0 Å². The monoisotopic (exact) mass is 543 g/mol. The van der Waals surface area contributed by atoms with Crippen molar-refractivity contribution >= 4 is 44.9 Å². The molecule has 0 unspecified atom stereocenters. The number of hydrogen-bond acceptors (Lipinski definition) is 6. The summed E-state index contributed by atoms with van der Waals surface area (Å²) in [6.45, 7) is 5.33. The number of nitrogens with zero attached hydrogens (tertiary/aromatic N) is 6. The van der Waals surface area contributed by atoms with Crippen LogP contribution in [0, 0.1) is 0 Å². The molecular formula is C29H34ClN9. The Hall–Kier alpha value is -3.56. The molecular weight excluding hydrogens is 510 g/mol. The lowest BCUT2D eigenvalue weighted by atomic mass is 9.99. The van der Waals surface area contributed by atoms with Crippen LogP contribution in [-0.4, -0.2) is 67.1 Å². The molecule has 0 bridgehead atoms. The van der Waals surface area contributed by atoms with Crippen molar-refractivity contribution in [3.63, 3.8) is 0 Å². The fourth-order valence-corrected chi connectivity index (χ4v) is 6.44. The van der Waals surface area contributed by atoms with E-state index in [0.29, 0.717) is 11.6 Å². The first-order valence-electron chi connectivity index (χ1n) is 14.0. The van der Waals surface area contributed by atoms with Gasteiger partial charge in [-0.05, 0) is 75.2 Å². The fraction of sp³-hybridized carbons (Fsp3) is 0.414. The topological polar surface area (TPSA) is 93.7 Å². The number of benzene rings is 2. The minimum Gasteiger partial charge on any atom is -0.379 e. The predicted octanol–water partition coefficient (Wildman–Crippen LogP) is 5.56. The molecule has 0 saturated carbocycles. The first kappa shape index (κ1) is 24.5. The first-order valence-corrected chi connectivity index (χ1v) is 14.4. The van der Waals surface area contributed by atoms with Crippen LogP contribution in [0.2, 0.25) is 5.02 Å². The van der Waals surface area contributed by atoms with Crippen LogP contribution >= 0.6 is 11.6 Å². The Bertz CT molecular complexity index is 1600. The molecule has 0 aliphatic carbocycles. The highest BCUT2D eigenvalue weighted by molar-refractivity contribution is 6.31. The van der Waals surface area contributed by atoms with Crippen molar-refractivity contribution in [1.82, 2.24) is 34.8 Å². The summed E-state index contributed by atoms with van der Waals surface area (Å²) in [7, 11) is 1.87. The van der Waals surface area contributed by atoms with Gasteiger partial charge in [0.15, 0.2) is 5.82 Å². The summed E-state index contributed by atoms with van der Waals surface area (Å²) >= 11 is 6.28. The molecule has 2 aliphatic heterocycles. The van der Waals surface area contributed by atoms with Crippen LogP contribution in [0.25, 0.3) is 33.5 Å². The van der Waals surface area contributed by atoms with Crippen molar-refractivity contribution in [2.24, 2.45) is 7.05 Å². The average molecular weight is 544 g/mol. The molecule has 3 N–H and O–H groups in total. The van der Waals surface area contributed by atoms with E-state index in [1.807, 2.05) is 19.2 Å². The largest absolute Gasteiger partial charge is 0.379 e. The minimum atomic E-state index is 0.543. The Kier molecular flexibility index (Phi) is 6.40. The summed E-state index contributed by atoms with van der Waals surface area (Å²) in [5.74, 6) is 0.766. The standard InChI is InChI=1S/C29H34ClN9/c1-37-18-23(30)27(36-37)17-31-19-5-7-24-22(15-19)28(35-34-24)29-32-25-8-6-21(16-26(25)33-29)39-13-9-20(10-14-39)38-11-3-2-4-12-38/h5-8,15-16,18,20,31H,2-4,9-14,17H2,1H3,(H,32,33)(H,34,35). The zero-order chi connectivity index (χ0) is 26.3. The molecule has 5 aromatic rings. The summed E-state index contributed by atoms with van der Waals surface area (Å²) < 4.78 is 1.72. The number of likely N-dealkylation sites (tertiary alicyclic amines) is 1. The normalized spacial score (nSPS) is 17.4. The summed E-state index contributed by atoms with van der Waals surface area (Å²) in [6, 6.07) is 13.5. The third-order valence-corrected chi connectivity index (χ3v) is 8.62. The second kappa shape index (κ2) is 10.2. The van der Waals surface area contributed by atoms with Gasteiger partial charge in [-0.2, -0.15) is 10.2 Å². The third kappa shape index (κ3) is 4.85. The number of H-pyrrole nitrogens is 2. The van der Waals surface area contributed by atoms with Gasteiger partial charge in [-0.3, -0.25) is 9.78 Å². The molecule has 2 aromatic carbocycles. The predicted molar refractivity (Wildman–Crippen MR) is 157 cm³/mol. The zero-order valence-electron chi connectivity index (χ0n) is 22.3. The van der Waals surface area contributed by atoms with E-state index in [1.165, 1.54) is 50.9 Å². The summed E-state index contributed by atoms with van der Waals surface area (Å²) in [4.78, 5) is 13.7. The van der Waals surface area contributed by atoms with E-state index in [4.69, 9.17) is 16.6 Å². The van der Waals surface area contributed by atoms with E-state index in [1.54, 1.807) is 10.9 Å². The van der Waals surface area contributed by atoms with Gasteiger partial charge in [-0.25, -0.2) is 4.98 Å². The smallest absolute Gasteiger partial charge is 0.159 e. The Morgan fingerprint density at radius 2 is 1.85 bits per heavy atom. The molecule has 0 spiro atoms. The number of imidazole rings is 1. The molecule has 5 heterocycles. The van der Waals surface area contributed by atoms with Crippen molar-refractivity contribution in [3.05, 3.63) is 53.3 Å². The van der Waals surface area contributed by atoms with Gasteiger partial charge >= 0.3 is 0 Å². The van der Waals surface area contributed by atoms with Crippen LogP contribution < -0.4 is 10.2 Å². The van der Waals surface area contributed by atoms with Crippen LogP contribution in [-0.2, 0) is 13.6 Å². The summed E-state index contributed by atoms with van der Waals surface area (Å²) in [5.41, 5.74) is 6.81. The van der Waals surface area contributed by atoms with E-state index in [0.717, 1.165) is 64.0 Å². The van der Waals surface area contributed by atoms with Gasteiger partial charge in [0, 0.05) is 49.1 Å². The summed E-state index contributed by atoms with van der Waals surface area (Å²) in [5, 5.41) is 17.3. The highest BCUT2D eigenvalue weighted by Gasteiger charge is 2.26. The molecule has 7 rings (SSSR count). The van der Waals surface area contributed by atoms with Gasteiger partial charge in [0.2, 0.25) is 0 Å². The molecule has 0 amide bonds. The van der Waals surface area contributed by atoms with Crippen molar-refractivity contribution in [1.29, 1.82) is 0 Å². The number of aryl methyl sites for hydroxylation is 1. The van der Waals surface area contributed by atoms with E-state index >= 15 is 0 Å². The number of anilines is 2. The Morgan fingerprint density at radius 3 is 2.64 bits per heavy atom. The SMILES string of the molecule is Cn1cc(Cl)c(CNc2ccc3[nH]nc(-c4nc5ccc(N6CCC(N7CCCCC7)CC6)cc5[nH]4)c3c2)n1. The van der Waals surface area contributed by atoms with Gasteiger partial charge < -0.3 is 20.1 Å². The molecule has 202 valence electrons. The highest BCUT2D eigenvalue weighted by atomic mass is 35.5. The van der Waals surface area contributed by atoms with E-state index < -0.39 is 0 Å². The number of rotatable bonds is 6. The molecule has 10 heteroatoms. The Morgan fingerprint density at radius 1 is 1.00 bits per heavy atom. The van der Waals surface area contributed by atoms with Crippen LogP contribution in [0.4, 0.5) is 11.4 Å². The van der Waals surface area contributed by atoms with Crippen molar-refractivity contribution in [2.45, 2.75) is 44.7 Å². The third-order valence-electron chi connectivity index (χ3n) is 8.30. The maximum atomic E-state index is 6.28. The highest BCUT2D eigenvalue weighted by Crippen LogP contribution is 2.31. The second-order valence-corrected chi connectivity index (χ2v) is 11.3. The van der Waals surface area contributed by atoms with Crippen molar-refractivity contribution in [2.75, 3.05) is 36.4 Å². The molecule has 2 fully saturated rings. The number of fused-ring (bicyclic) bond motifs is 2. The van der Waals surface area contributed by atoms with Crippen LogP contribution in [0.3, 0.4) is 0 Å². The maximum absolute atomic E-state index is 6.28. The molecule has 9 nitrogen and oxygen atoms in total. The van der Waals surface area contributed by atoms with Crippen LogP contribution in [0.5, 0.6) is 0 Å². The molecule has 0 radical (unpaired) electrons. The molecule has 39 heavy (non-hydrogen) atoms. The maximum Gasteiger partial charge on any atom is 0.159 e. The Balaban J connectivity index is 1.09. The molecule has 3 aromatic heterocycles. The van der Waals surface area contributed by atoms with E-state index in [2.05, 4.69) is 59.7 Å². The lowest BCUT2D eigenvalue weighted by Crippen LogP contribution is -2.46. The number of piperidine rings is 2. The van der Waals surface area contributed by atoms with Gasteiger partial charge in [0.25, 0.3) is 0 Å².